The van der Waals surface area contributed by atoms with Crippen LogP contribution in [-0.4, -0.2) is 59.3 Å². The summed E-state index contributed by atoms with van der Waals surface area (Å²) in [5.41, 5.74) is -1.10. The van der Waals surface area contributed by atoms with Crippen molar-refractivity contribution in [2.24, 2.45) is 0 Å². The minimum Gasteiger partial charge on any atom is -0.547 e. The van der Waals surface area contributed by atoms with Crippen molar-refractivity contribution in [1.82, 2.24) is 9.80 Å². The summed E-state index contributed by atoms with van der Waals surface area (Å²) in [4.78, 5) is 52.7. The normalized spacial score (nSPS) is 22.3. The van der Waals surface area contributed by atoms with Gasteiger partial charge in [0.2, 0.25) is 5.91 Å². The SMILES string of the molecule is COc1ccc(CN2C(=O)C(N3C(=O)c4ccccc4C3=O)C2(C)C(=O)[O-])c(OC)c1. The fraction of sp³-hybridized carbons (Fsp3) is 0.273. The molecule has 4 rings (SSSR count). The standard InChI is InChI=1S/C22H20N2O7/c1-22(21(28)29)17(24-18(25)14-6-4-5-7-15(14)19(24)26)20(27)23(22)11-12-8-9-13(30-2)10-16(12)31-3/h4-10,17H,11H2,1-3H3,(H,28,29)/p-1. The molecule has 9 nitrogen and oxygen atoms in total. The first-order chi connectivity index (χ1) is 14.7. The van der Waals surface area contributed by atoms with Gasteiger partial charge in [-0.1, -0.05) is 12.1 Å². The number of methoxy groups -OCH3 is 2. The van der Waals surface area contributed by atoms with Crippen molar-refractivity contribution in [2.45, 2.75) is 25.0 Å². The van der Waals surface area contributed by atoms with Gasteiger partial charge >= 0.3 is 0 Å². The fourth-order valence-electron chi connectivity index (χ4n) is 4.12. The van der Waals surface area contributed by atoms with E-state index in [9.17, 15) is 24.3 Å². The van der Waals surface area contributed by atoms with Gasteiger partial charge in [-0.15, -0.1) is 0 Å². The zero-order chi connectivity index (χ0) is 22.5. The molecule has 2 aromatic rings. The van der Waals surface area contributed by atoms with Crippen LogP contribution >= 0.6 is 0 Å². The summed E-state index contributed by atoms with van der Waals surface area (Å²) in [6, 6.07) is 9.53. The van der Waals surface area contributed by atoms with Crippen LogP contribution in [0, 0.1) is 0 Å². The number of carboxylic acid groups (broad SMARTS) is 1. The summed E-state index contributed by atoms with van der Waals surface area (Å²) >= 11 is 0. The number of carbonyl (C=O) groups excluding carboxylic acids is 4. The maximum Gasteiger partial charge on any atom is 0.262 e. The van der Waals surface area contributed by atoms with E-state index in [0.717, 1.165) is 9.80 Å². The Kier molecular flexibility index (Phi) is 4.68. The monoisotopic (exact) mass is 423 g/mol. The Bertz CT molecular complexity index is 1090. The lowest BCUT2D eigenvalue weighted by molar-refractivity contribution is -0.324. The number of aliphatic carboxylic acids is 1. The van der Waals surface area contributed by atoms with Crippen LogP contribution in [0.5, 0.6) is 11.5 Å². The minimum absolute atomic E-state index is 0.115. The van der Waals surface area contributed by atoms with Crippen LogP contribution in [0.25, 0.3) is 0 Å². The third-order valence-corrected chi connectivity index (χ3v) is 5.91. The Labute approximate surface area is 177 Å². The number of benzene rings is 2. The molecule has 2 unspecified atom stereocenters. The number of fused-ring (bicyclic) bond motifs is 1. The molecule has 0 bridgehead atoms. The predicted molar refractivity (Wildman–Crippen MR) is 104 cm³/mol. The number of carbonyl (C=O) groups is 4. The van der Waals surface area contributed by atoms with Gasteiger partial charge in [0, 0.05) is 11.6 Å². The molecule has 0 spiro atoms. The molecule has 0 aromatic heterocycles. The number of likely N-dealkylation sites (tertiary alicyclic amines) is 1. The Morgan fingerprint density at radius 2 is 1.65 bits per heavy atom. The summed E-state index contributed by atoms with van der Waals surface area (Å²) in [5.74, 6) is -2.71. The first-order valence-electron chi connectivity index (χ1n) is 9.46. The van der Waals surface area contributed by atoms with Gasteiger partial charge in [-0.05, 0) is 31.2 Å². The summed E-state index contributed by atoms with van der Waals surface area (Å²) < 4.78 is 10.5. The van der Waals surface area contributed by atoms with Crippen LogP contribution < -0.4 is 14.6 Å². The average molecular weight is 423 g/mol. The van der Waals surface area contributed by atoms with Crippen LogP contribution in [0.3, 0.4) is 0 Å². The molecular weight excluding hydrogens is 404 g/mol. The molecule has 2 heterocycles. The van der Waals surface area contributed by atoms with Crippen LogP contribution in [0.15, 0.2) is 42.5 Å². The Balaban J connectivity index is 1.68. The molecule has 2 atom stereocenters. The van der Waals surface area contributed by atoms with Crippen molar-refractivity contribution in [1.29, 1.82) is 0 Å². The number of β-lactam (4-membered cyclic amide) rings is 1. The number of nitrogens with zero attached hydrogens (tertiary/aromatic N) is 2. The van der Waals surface area contributed by atoms with E-state index in [-0.39, 0.29) is 17.7 Å². The van der Waals surface area contributed by atoms with Crippen molar-refractivity contribution in [3.8, 4) is 11.5 Å². The number of rotatable bonds is 6. The molecule has 1 fully saturated rings. The van der Waals surface area contributed by atoms with Gasteiger partial charge in [0.05, 0.1) is 37.9 Å². The van der Waals surface area contributed by atoms with E-state index >= 15 is 0 Å². The van der Waals surface area contributed by atoms with Crippen LogP contribution in [-0.2, 0) is 16.1 Å². The Morgan fingerprint density at radius 3 is 2.16 bits per heavy atom. The van der Waals surface area contributed by atoms with Gasteiger partial charge in [0.25, 0.3) is 11.8 Å². The first kappa shape index (κ1) is 20.4. The quantitative estimate of drug-likeness (QED) is 0.482. The molecular formula is C22H19N2O7-. The molecule has 9 heteroatoms. The van der Waals surface area contributed by atoms with E-state index in [2.05, 4.69) is 0 Å². The van der Waals surface area contributed by atoms with E-state index in [1.807, 2.05) is 0 Å². The maximum atomic E-state index is 13.1. The van der Waals surface area contributed by atoms with Crippen LogP contribution in [0.4, 0.5) is 0 Å². The predicted octanol–water partition coefficient (Wildman–Crippen LogP) is 0.219. The molecule has 1 saturated heterocycles. The van der Waals surface area contributed by atoms with Crippen molar-refractivity contribution in [3.63, 3.8) is 0 Å². The second-order valence-electron chi connectivity index (χ2n) is 7.47. The lowest BCUT2D eigenvalue weighted by Gasteiger charge is -2.57. The fourth-order valence-corrected chi connectivity index (χ4v) is 4.12. The van der Waals surface area contributed by atoms with E-state index in [0.29, 0.717) is 17.1 Å². The lowest BCUT2D eigenvalue weighted by Crippen LogP contribution is -2.82. The summed E-state index contributed by atoms with van der Waals surface area (Å²) in [6.45, 7) is 1.16. The maximum absolute atomic E-state index is 13.1. The van der Waals surface area contributed by atoms with Gasteiger partial charge in [-0.25, -0.2) is 0 Å². The van der Waals surface area contributed by atoms with Crippen molar-refractivity contribution >= 4 is 23.7 Å². The van der Waals surface area contributed by atoms with Crippen LogP contribution in [0.1, 0.15) is 33.2 Å². The van der Waals surface area contributed by atoms with Gasteiger partial charge in [0.15, 0.2) is 0 Å². The van der Waals surface area contributed by atoms with Gasteiger partial charge in [-0.2, -0.15) is 0 Å². The average Bonchev–Trinajstić information content (AvgIpc) is 3.02. The molecule has 0 radical (unpaired) electrons. The Hall–Kier alpha value is -3.88. The highest BCUT2D eigenvalue weighted by molar-refractivity contribution is 6.24. The highest BCUT2D eigenvalue weighted by atomic mass is 16.5. The third-order valence-electron chi connectivity index (χ3n) is 5.91. The summed E-state index contributed by atoms with van der Waals surface area (Å²) in [7, 11) is 2.93. The number of imide groups is 1. The number of hydrogen-bond acceptors (Lipinski definition) is 7. The molecule has 3 amide bonds. The highest BCUT2D eigenvalue weighted by Gasteiger charge is 2.64. The zero-order valence-electron chi connectivity index (χ0n) is 17.1. The lowest BCUT2D eigenvalue weighted by atomic mass is 9.78. The van der Waals surface area contributed by atoms with Crippen molar-refractivity contribution in [3.05, 3.63) is 59.2 Å². The summed E-state index contributed by atoms with van der Waals surface area (Å²) in [5, 5.41) is 12.2. The second-order valence-corrected chi connectivity index (χ2v) is 7.47. The van der Waals surface area contributed by atoms with E-state index < -0.39 is 35.3 Å². The molecule has 2 aliphatic heterocycles. The molecule has 2 aliphatic rings. The van der Waals surface area contributed by atoms with E-state index in [1.54, 1.807) is 30.3 Å². The number of carboxylic acids is 1. The molecule has 160 valence electrons. The second kappa shape index (κ2) is 7.12. The van der Waals surface area contributed by atoms with Crippen molar-refractivity contribution in [2.75, 3.05) is 14.2 Å². The molecule has 0 saturated carbocycles. The van der Waals surface area contributed by atoms with Gasteiger partial charge in [-0.3, -0.25) is 19.3 Å². The minimum atomic E-state index is -1.91. The topological polar surface area (TPSA) is 116 Å². The number of amides is 3. The van der Waals surface area contributed by atoms with E-state index in [4.69, 9.17) is 9.47 Å². The van der Waals surface area contributed by atoms with Gasteiger partial charge in [0.1, 0.15) is 23.1 Å². The number of ether oxygens (including phenoxy) is 2. The zero-order valence-corrected chi connectivity index (χ0v) is 17.1. The highest BCUT2D eigenvalue weighted by Crippen LogP contribution is 2.41. The molecule has 31 heavy (non-hydrogen) atoms. The number of hydrogen-bond donors (Lipinski definition) is 0. The summed E-state index contributed by atoms with van der Waals surface area (Å²) in [6.07, 6.45) is 0. The Morgan fingerprint density at radius 1 is 1.03 bits per heavy atom. The first-order valence-corrected chi connectivity index (χ1v) is 9.46. The third kappa shape index (κ3) is 2.77. The van der Waals surface area contributed by atoms with E-state index in [1.165, 1.54) is 33.3 Å². The smallest absolute Gasteiger partial charge is 0.262 e. The largest absolute Gasteiger partial charge is 0.547 e. The molecule has 0 N–H and O–H groups in total. The van der Waals surface area contributed by atoms with Crippen LogP contribution in [0.2, 0.25) is 0 Å². The molecule has 0 aliphatic carbocycles. The van der Waals surface area contributed by atoms with Crippen molar-refractivity contribution < 1.29 is 33.8 Å². The molecule has 2 aromatic carbocycles. The van der Waals surface area contributed by atoms with Gasteiger partial charge < -0.3 is 24.3 Å².